The Bertz CT molecular complexity index is 344. The molecule has 0 aromatic rings. The van der Waals surface area contributed by atoms with E-state index in [4.69, 9.17) is 0 Å². The minimum absolute atomic E-state index is 0.0271. The van der Waals surface area contributed by atoms with Gasteiger partial charge in [-0.1, -0.05) is 0 Å². The van der Waals surface area contributed by atoms with Gasteiger partial charge in [-0.2, -0.15) is 13.2 Å². The maximum Gasteiger partial charge on any atom is 0.411 e. The molecule has 2 saturated heterocycles. The maximum absolute atomic E-state index is 12.2. The van der Waals surface area contributed by atoms with Crippen LogP contribution in [0.3, 0.4) is 0 Å². The van der Waals surface area contributed by atoms with E-state index in [0.29, 0.717) is 12.6 Å². The fourth-order valence-electron chi connectivity index (χ4n) is 3.22. The normalized spacial score (nSPS) is 27.1. The van der Waals surface area contributed by atoms with Crippen LogP contribution in [0.25, 0.3) is 0 Å². The highest BCUT2D eigenvalue weighted by molar-refractivity contribution is 5.76. The lowest BCUT2D eigenvalue weighted by atomic mass is 9.94. The Labute approximate surface area is 123 Å². The summed E-state index contributed by atoms with van der Waals surface area (Å²) in [5.74, 6) is -0.0874. The molecule has 2 aliphatic rings. The second-order valence-corrected chi connectivity index (χ2v) is 5.77. The molecule has 2 unspecified atom stereocenters. The van der Waals surface area contributed by atoms with Gasteiger partial charge in [-0.25, -0.2) is 0 Å². The van der Waals surface area contributed by atoms with E-state index in [1.54, 1.807) is 0 Å². The smallest absolute Gasteiger partial charge is 0.372 e. The van der Waals surface area contributed by atoms with Gasteiger partial charge in [-0.15, -0.1) is 0 Å². The van der Waals surface area contributed by atoms with Gasteiger partial charge in [-0.05, 0) is 38.6 Å². The molecule has 2 atom stereocenters. The van der Waals surface area contributed by atoms with Crippen molar-refractivity contribution in [1.29, 1.82) is 0 Å². The van der Waals surface area contributed by atoms with Gasteiger partial charge in [-0.3, -0.25) is 4.79 Å². The summed E-state index contributed by atoms with van der Waals surface area (Å²) in [5, 5.41) is 3.42. The number of carbonyl (C=O) groups excluding carboxylic acids is 1. The first kappa shape index (κ1) is 16.5. The Kier molecular flexibility index (Phi) is 5.87. The molecule has 4 nitrogen and oxygen atoms in total. The Morgan fingerprint density at radius 2 is 2.05 bits per heavy atom. The minimum atomic E-state index is -4.33. The van der Waals surface area contributed by atoms with Crippen molar-refractivity contribution in [3.63, 3.8) is 0 Å². The quantitative estimate of drug-likeness (QED) is 0.791. The molecule has 2 rings (SSSR count). The highest BCUT2D eigenvalue weighted by Crippen LogP contribution is 2.25. The van der Waals surface area contributed by atoms with E-state index in [1.165, 1.54) is 0 Å². The van der Waals surface area contributed by atoms with E-state index in [1.807, 2.05) is 4.90 Å². The fourth-order valence-corrected chi connectivity index (χ4v) is 3.22. The molecule has 2 fully saturated rings. The first-order valence-electron chi connectivity index (χ1n) is 7.65. The lowest BCUT2D eigenvalue weighted by Crippen LogP contribution is -2.52. The third-order valence-electron chi connectivity index (χ3n) is 4.16. The van der Waals surface area contributed by atoms with E-state index in [-0.39, 0.29) is 25.0 Å². The second-order valence-electron chi connectivity index (χ2n) is 5.77. The number of likely N-dealkylation sites (tertiary alicyclic amines) is 1. The van der Waals surface area contributed by atoms with Gasteiger partial charge in [0.2, 0.25) is 5.91 Å². The zero-order valence-electron chi connectivity index (χ0n) is 12.1. The third-order valence-corrected chi connectivity index (χ3v) is 4.16. The van der Waals surface area contributed by atoms with Crippen LogP contribution in [0.2, 0.25) is 0 Å². The van der Waals surface area contributed by atoms with E-state index in [0.717, 1.165) is 38.6 Å². The Morgan fingerprint density at radius 1 is 1.24 bits per heavy atom. The van der Waals surface area contributed by atoms with Crippen molar-refractivity contribution < 1.29 is 22.7 Å². The second kappa shape index (κ2) is 7.45. The lowest BCUT2D eigenvalue weighted by Gasteiger charge is -2.39. The Morgan fingerprint density at radius 3 is 2.71 bits per heavy atom. The molecule has 0 spiro atoms. The number of ether oxygens (including phenoxy) is 1. The summed E-state index contributed by atoms with van der Waals surface area (Å²) in [7, 11) is 0. The summed E-state index contributed by atoms with van der Waals surface area (Å²) < 4.78 is 40.4. The van der Waals surface area contributed by atoms with Crippen LogP contribution < -0.4 is 5.32 Å². The molecule has 7 heteroatoms. The highest BCUT2D eigenvalue weighted by Gasteiger charge is 2.34. The van der Waals surface area contributed by atoms with E-state index in [9.17, 15) is 18.0 Å². The van der Waals surface area contributed by atoms with Gasteiger partial charge in [0.05, 0.1) is 13.0 Å². The zero-order chi connectivity index (χ0) is 15.3. The fraction of sp³-hybridized carbons (Fsp3) is 0.929. The predicted octanol–water partition coefficient (Wildman–Crippen LogP) is 2.09. The standard InChI is InChI=1S/C14H23F3N2O2/c15-14(16,17)10-21-9-6-13(20)19-8-2-1-5-12(19)11-4-3-7-18-11/h11-12,18H,1-10H2. The summed E-state index contributed by atoms with van der Waals surface area (Å²) in [6, 6.07) is 0.529. The summed E-state index contributed by atoms with van der Waals surface area (Å²) in [6.07, 6.45) is 0.947. The molecule has 0 aromatic heterocycles. The average molecular weight is 308 g/mol. The first-order valence-corrected chi connectivity index (χ1v) is 7.65. The molecule has 1 amide bonds. The Balaban J connectivity index is 1.78. The number of halogens is 3. The average Bonchev–Trinajstić information content (AvgIpc) is 2.96. The molecule has 2 aliphatic heterocycles. The van der Waals surface area contributed by atoms with Crippen LogP contribution in [0.15, 0.2) is 0 Å². The van der Waals surface area contributed by atoms with Crippen molar-refractivity contribution in [3.05, 3.63) is 0 Å². The van der Waals surface area contributed by atoms with Crippen LogP contribution in [0.5, 0.6) is 0 Å². The molecule has 0 saturated carbocycles. The van der Waals surface area contributed by atoms with Crippen LogP contribution in [-0.2, 0) is 9.53 Å². The van der Waals surface area contributed by atoms with Crippen molar-refractivity contribution in [3.8, 4) is 0 Å². The topological polar surface area (TPSA) is 41.6 Å². The number of nitrogens with zero attached hydrogens (tertiary/aromatic N) is 1. The number of rotatable bonds is 5. The van der Waals surface area contributed by atoms with Crippen LogP contribution in [0.1, 0.15) is 38.5 Å². The van der Waals surface area contributed by atoms with Gasteiger partial charge in [0.15, 0.2) is 0 Å². The highest BCUT2D eigenvalue weighted by atomic mass is 19.4. The van der Waals surface area contributed by atoms with Gasteiger partial charge >= 0.3 is 6.18 Å². The molecule has 0 bridgehead atoms. The minimum Gasteiger partial charge on any atom is -0.372 e. The van der Waals surface area contributed by atoms with Gasteiger partial charge in [0.25, 0.3) is 0 Å². The number of piperidine rings is 1. The molecular weight excluding hydrogens is 285 g/mol. The monoisotopic (exact) mass is 308 g/mol. The van der Waals surface area contributed by atoms with Crippen LogP contribution in [0, 0.1) is 0 Å². The van der Waals surface area contributed by atoms with E-state index in [2.05, 4.69) is 10.1 Å². The van der Waals surface area contributed by atoms with Crippen LogP contribution in [0.4, 0.5) is 13.2 Å². The third kappa shape index (κ3) is 5.14. The van der Waals surface area contributed by atoms with E-state index >= 15 is 0 Å². The molecule has 122 valence electrons. The molecule has 21 heavy (non-hydrogen) atoms. The molecular formula is C14H23F3N2O2. The van der Waals surface area contributed by atoms with Gasteiger partial charge < -0.3 is 15.0 Å². The van der Waals surface area contributed by atoms with E-state index < -0.39 is 12.8 Å². The molecule has 1 N–H and O–H groups in total. The largest absolute Gasteiger partial charge is 0.411 e. The Hall–Kier alpha value is -0.820. The summed E-state index contributed by atoms with van der Waals surface area (Å²) in [5.41, 5.74) is 0. The molecule has 0 aliphatic carbocycles. The van der Waals surface area contributed by atoms with Gasteiger partial charge in [0, 0.05) is 18.6 Å². The SMILES string of the molecule is O=C(CCOCC(F)(F)F)N1CCCCC1C1CCCN1. The molecule has 0 radical (unpaired) electrons. The summed E-state index contributed by atoms with van der Waals surface area (Å²) in [6.45, 7) is 0.242. The number of hydrogen-bond acceptors (Lipinski definition) is 3. The van der Waals surface area contributed by atoms with Crippen LogP contribution in [-0.4, -0.2) is 55.4 Å². The molecule has 0 aromatic carbocycles. The maximum atomic E-state index is 12.2. The van der Waals surface area contributed by atoms with Crippen molar-refractivity contribution in [2.75, 3.05) is 26.3 Å². The summed E-state index contributed by atoms with van der Waals surface area (Å²) >= 11 is 0. The van der Waals surface area contributed by atoms with Crippen molar-refractivity contribution in [2.45, 2.75) is 56.8 Å². The number of hydrogen-bond donors (Lipinski definition) is 1. The van der Waals surface area contributed by atoms with Crippen LogP contribution >= 0.6 is 0 Å². The van der Waals surface area contributed by atoms with Gasteiger partial charge in [0.1, 0.15) is 6.61 Å². The number of carbonyl (C=O) groups is 1. The number of alkyl halides is 3. The zero-order valence-corrected chi connectivity index (χ0v) is 12.1. The number of nitrogens with one attached hydrogen (secondary N) is 1. The number of amides is 1. The van der Waals surface area contributed by atoms with Crippen molar-refractivity contribution >= 4 is 5.91 Å². The summed E-state index contributed by atoms with van der Waals surface area (Å²) in [4.78, 5) is 14.1. The predicted molar refractivity (Wildman–Crippen MR) is 71.9 cm³/mol. The molecule has 2 heterocycles. The van der Waals surface area contributed by atoms with Crippen molar-refractivity contribution in [2.24, 2.45) is 0 Å². The first-order chi connectivity index (χ1) is 9.97. The lowest BCUT2D eigenvalue weighted by molar-refractivity contribution is -0.175. The van der Waals surface area contributed by atoms with Crippen molar-refractivity contribution in [1.82, 2.24) is 10.2 Å².